The van der Waals surface area contributed by atoms with Crippen LogP contribution < -0.4 is 4.74 Å². The third kappa shape index (κ3) is 5.83. The lowest BCUT2D eigenvalue weighted by Gasteiger charge is -2.19. The molecule has 29 heavy (non-hydrogen) atoms. The molecule has 0 aliphatic carbocycles. The molecule has 156 valence electrons. The largest absolute Gasteiger partial charge is 0.481 e. The molecule has 1 atom stereocenters. The number of halogens is 1. The summed E-state index contributed by atoms with van der Waals surface area (Å²) in [7, 11) is 0. The molecule has 10 heteroatoms. The number of thioether (sulfide) groups is 1. The van der Waals surface area contributed by atoms with Crippen LogP contribution in [0.25, 0.3) is 6.08 Å². The van der Waals surface area contributed by atoms with E-state index in [1.165, 1.54) is 13.0 Å². The Morgan fingerprint density at radius 3 is 2.55 bits per heavy atom. The van der Waals surface area contributed by atoms with Crippen LogP contribution in [0.3, 0.4) is 0 Å². The quantitative estimate of drug-likeness (QED) is 0.408. The van der Waals surface area contributed by atoms with E-state index in [2.05, 4.69) is 15.9 Å². The Kier molecular flexibility index (Phi) is 8.27. The van der Waals surface area contributed by atoms with Crippen LogP contribution in [0.2, 0.25) is 0 Å². The van der Waals surface area contributed by atoms with E-state index in [-0.39, 0.29) is 24.7 Å². The Morgan fingerprint density at radius 2 is 1.90 bits per heavy atom. The van der Waals surface area contributed by atoms with Crippen molar-refractivity contribution in [3.05, 3.63) is 33.1 Å². The fourth-order valence-corrected chi connectivity index (χ4v) is 3.70. The van der Waals surface area contributed by atoms with Gasteiger partial charge in [0.15, 0.2) is 6.61 Å². The number of carbonyl (C=O) groups is 4. The highest BCUT2D eigenvalue weighted by Gasteiger charge is 2.41. The first kappa shape index (κ1) is 23.0. The summed E-state index contributed by atoms with van der Waals surface area (Å²) in [6, 6.07) is 3.99. The molecule has 1 saturated heterocycles. The maximum atomic E-state index is 12.7. The Balaban J connectivity index is 2.26. The molecule has 8 nitrogen and oxygen atoms in total. The summed E-state index contributed by atoms with van der Waals surface area (Å²) < 4.78 is 15.9. The summed E-state index contributed by atoms with van der Waals surface area (Å²) in [5, 5.41) is -0.564. The number of ether oxygens (including phenoxy) is 3. The fraction of sp³-hybridized carbons (Fsp3) is 0.368. The Labute approximate surface area is 180 Å². The second kappa shape index (κ2) is 10.4. The van der Waals surface area contributed by atoms with Crippen molar-refractivity contribution in [3.63, 3.8) is 0 Å². The zero-order valence-corrected chi connectivity index (χ0v) is 18.5. The van der Waals surface area contributed by atoms with Gasteiger partial charge in [-0.25, -0.2) is 9.59 Å². The van der Waals surface area contributed by atoms with Crippen molar-refractivity contribution < 1.29 is 33.4 Å². The van der Waals surface area contributed by atoms with Crippen molar-refractivity contribution in [2.24, 2.45) is 0 Å². The summed E-state index contributed by atoms with van der Waals surface area (Å²) >= 11 is 4.06. The highest BCUT2D eigenvalue weighted by Crippen LogP contribution is 2.36. The predicted octanol–water partition coefficient (Wildman–Crippen LogP) is 3.38. The molecule has 0 saturated carbocycles. The van der Waals surface area contributed by atoms with Crippen molar-refractivity contribution in [3.8, 4) is 5.75 Å². The van der Waals surface area contributed by atoms with Crippen LogP contribution in [0.4, 0.5) is 4.79 Å². The van der Waals surface area contributed by atoms with Crippen LogP contribution in [0.15, 0.2) is 27.6 Å². The van der Waals surface area contributed by atoms with Gasteiger partial charge in [0.25, 0.3) is 11.1 Å². The third-order valence-corrected chi connectivity index (χ3v) is 5.12. The summed E-state index contributed by atoms with van der Waals surface area (Å²) in [6.07, 6.45) is 1.48. The van der Waals surface area contributed by atoms with Gasteiger partial charge in [0.05, 0.1) is 18.1 Å². The number of hydrogen-bond acceptors (Lipinski definition) is 8. The maximum Gasteiger partial charge on any atom is 0.344 e. The average Bonchev–Trinajstić information content (AvgIpc) is 2.94. The van der Waals surface area contributed by atoms with E-state index < -0.39 is 29.1 Å². The first-order valence-corrected chi connectivity index (χ1v) is 10.4. The second-order valence-corrected chi connectivity index (χ2v) is 7.66. The highest BCUT2D eigenvalue weighted by atomic mass is 79.9. The second-order valence-electron chi connectivity index (χ2n) is 5.76. The van der Waals surface area contributed by atoms with Gasteiger partial charge in [-0.1, -0.05) is 15.9 Å². The standard InChI is InChI=1S/C19H20BrNO7S/c1-4-26-16(22)10-28-14-7-6-13(20)8-12(14)9-15-17(23)21(19(25)29-15)11(3)18(24)27-5-2/h6-9,11H,4-5,10H2,1-3H3/b15-9+/t11-/m1/s1. The van der Waals surface area contributed by atoms with Gasteiger partial charge in [0.2, 0.25) is 0 Å². The van der Waals surface area contributed by atoms with Crippen LogP contribution in [-0.2, 0) is 23.9 Å². The normalized spacial score (nSPS) is 16.1. The molecule has 0 unspecified atom stereocenters. The molecular formula is C19H20BrNO7S. The third-order valence-electron chi connectivity index (χ3n) is 3.75. The lowest BCUT2D eigenvalue weighted by Crippen LogP contribution is -2.42. The van der Waals surface area contributed by atoms with Crippen molar-refractivity contribution in [1.82, 2.24) is 4.90 Å². The molecule has 0 radical (unpaired) electrons. The summed E-state index contributed by atoms with van der Waals surface area (Å²) in [5.74, 6) is -1.44. The topological polar surface area (TPSA) is 99.2 Å². The monoisotopic (exact) mass is 485 g/mol. The van der Waals surface area contributed by atoms with Crippen LogP contribution in [0, 0.1) is 0 Å². The SMILES string of the molecule is CCOC(=O)COc1ccc(Br)cc1/C=C1/SC(=O)N([C@H](C)C(=O)OCC)C1=O. The number of hydrogen-bond donors (Lipinski definition) is 0. The van der Waals surface area contributed by atoms with Crippen LogP contribution in [-0.4, -0.2) is 53.8 Å². The van der Waals surface area contributed by atoms with Crippen molar-refractivity contribution in [2.75, 3.05) is 19.8 Å². The van der Waals surface area contributed by atoms with Gasteiger partial charge in [-0.05, 0) is 56.8 Å². The first-order valence-electron chi connectivity index (χ1n) is 8.80. The van der Waals surface area contributed by atoms with E-state index in [1.807, 2.05) is 0 Å². The lowest BCUT2D eigenvalue weighted by atomic mass is 10.1. The highest BCUT2D eigenvalue weighted by molar-refractivity contribution is 9.10. The molecule has 1 aliphatic heterocycles. The van der Waals surface area contributed by atoms with Crippen LogP contribution in [0.5, 0.6) is 5.75 Å². The van der Waals surface area contributed by atoms with E-state index in [9.17, 15) is 19.2 Å². The fourth-order valence-electron chi connectivity index (χ4n) is 2.43. The zero-order valence-electron chi connectivity index (χ0n) is 16.1. The van der Waals surface area contributed by atoms with E-state index in [0.717, 1.165) is 4.90 Å². The Hall–Kier alpha value is -2.33. The minimum Gasteiger partial charge on any atom is -0.481 e. The van der Waals surface area contributed by atoms with Gasteiger partial charge < -0.3 is 14.2 Å². The number of imide groups is 1. The number of benzene rings is 1. The average molecular weight is 486 g/mol. The predicted molar refractivity (Wildman–Crippen MR) is 110 cm³/mol. The van der Waals surface area contributed by atoms with Crippen molar-refractivity contribution >= 4 is 56.9 Å². The number of nitrogens with zero attached hydrogens (tertiary/aromatic N) is 1. The molecule has 0 spiro atoms. The minimum atomic E-state index is -1.03. The molecular weight excluding hydrogens is 466 g/mol. The van der Waals surface area contributed by atoms with E-state index in [4.69, 9.17) is 14.2 Å². The minimum absolute atomic E-state index is 0.130. The zero-order chi connectivity index (χ0) is 21.6. The van der Waals surface area contributed by atoms with Gasteiger partial charge in [0, 0.05) is 10.0 Å². The van der Waals surface area contributed by atoms with Gasteiger partial charge in [-0.2, -0.15) is 0 Å². The van der Waals surface area contributed by atoms with E-state index in [0.29, 0.717) is 27.5 Å². The smallest absolute Gasteiger partial charge is 0.344 e. The summed E-state index contributed by atoms with van der Waals surface area (Å²) in [4.78, 5) is 49.5. The van der Waals surface area contributed by atoms with Crippen molar-refractivity contribution in [2.45, 2.75) is 26.8 Å². The molecule has 1 heterocycles. The number of esters is 2. The molecule has 1 aromatic carbocycles. The molecule has 1 fully saturated rings. The molecule has 0 N–H and O–H groups in total. The van der Waals surface area contributed by atoms with Gasteiger partial charge in [-0.15, -0.1) is 0 Å². The molecule has 0 aromatic heterocycles. The van der Waals surface area contributed by atoms with Crippen LogP contribution in [0.1, 0.15) is 26.3 Å². The van der Waals surface area contributed by atoms with Gasteiger partial charge in [0.1, 0.15) is 11.8 Å². The first-order chi connectivity index (χ1) is 13.8. The number of rotatable bonds is 8. The Bertz CT molecular complexity index is 855. The molecule has 0 bridgehead atoms. The molecule has 1 aliphatic rings. The van der Waals surface area contributed by atoms with Crippen molar-refractivity contribution in [1.29, 1.82) is 0 Å². The molecule has 2 amide bonds. The van der Waals surface area contributed by atoms with E-state index >= 15 is 0 Å². The van der Waals surface area contributed by atoms with Gasteiger partial charge >= 0.3 is 11.9 Å². The van der Waals surface area contributed by atoms with Gasteiger partial charge in [-0.3, -0.25) is 14.5 Å². The maximum absolute atomic E-state index is 12.7. The lowest BCUT2D eigenvalue weighted by molar-refractivity contribution is -0.150. The summed E-state index contributed by atoms with van der Waals surface area (Å²) in [5.41, 5.74) is 0.484. The molecule has 2 rings (SSSR count). The van der Waals surface area contributed by atoms with Crippen LogP contribution >= 0.6 is 27.7 Å². The van der Waals surface area contributed by atoms with E-state index in [1.54, 1.807) is 32.0 Å². The Morgan fingerprint density at radius 1 is 1.21 bits per heavy atom. The summed E-state index contributed by atoms with van der Waals surface area (Å²) in [6.45, 7) is 4.86. The molecule has 1 aromatic rings. The number of amides is 2. The number of carbonyl (C=O) groups excluding carboxylic acids is 4.